The molecule has 3 aromatic rings. The van der Waals surface area contributed by atoms with E-state index in [0.29, 0.717) is 6.07 Å². The topological polar surface area (TPSA) is 61.8 Å². The summed E-state index contributed by atoms with van der Waals surface area (Å²) in [4.78, 5) is 23.5. The van der Waals surface area contributed by atoms with Gasteiger partial charge in [-0.25, -0.2) is 0 Å². The molecule has 4 rings (SSSR count). The number of hydrogen-bond acceptors (Lipinski definition) is 5. The summed E-state index contributed by atoms with van der Waals surface area (Å²) in [6.07, 6.45) is -10.1. The van der Waals surface area contributed by atoms with Crippen molar-refractivity contribution in [2.24, 2.45) is 0 Å². The van der Waals surface area contributed by atoms with Gasteiger partial charge in [-0.05, 0) is 58.0 Å². The van der Waals surface area contributed by atoms with Crippen molar-refractivity contribution in [1.82, 2.24) is 0 Å². The number of carbonyl (C=O) groups excluding carboxylic acids is 2. The van der Waals surface area contributed by atoms with Crippen molar-refractivity contribution in [3.8, 4) is 28.4 Å². The fraction of sp³-hybridized carbons (Fsp3) is 0.308. The van der Waals surface area contributed by atoms with Gasteiger partial charge in [-0.15, -0.1) is 0 Å². The molecule has 3 aromatic carbocycles. The van der Waals surface area contributed by atoms with Crippen LogP contribution in [0.5, 0.6) is 17.2 Å². The molecule has 5 nitrogen and oxygen atoms in total. The molecule has 0 radical (unpaired) electrons. The fourth-order valence-corrected chi connectivity index (χ4v) is 4.85. The first-order valence-corrected chi connectivity index (χ1v) is 10.9. The van der Waals surface area contributed by atoms with Crippen LogP contribution >= 0.6 is 0 Å². The average molecular weight is 526 g/mol. The number of hydrogen-bond donors (Lipinski definition) is 0. The van der Waals surface area contributed by atoms with E-state index in [1.807, 2.05) is 0 Å². The second-order valence-electron chi connectivity index (χ2n) is 9.10. The molecular formula is C26H20F6O5. The van der Waals surface area contributed by atoms with E-state index < -0.39 is 40.8 Å². The molecule has 11 heteroatoms. The highest BCUT2D eigenvalue weighted by molar-refractivity contribution is 6.07. The number of benzene rings is 3. The molecule has 1 aliphatic carbocycles. The predicted molar refractivity (Wildman–Crippen MR) is 121 cm³/mol. The van der Waals surface area contributed by atoms with Gasteiger partial charge >= 0.3 is 24.3 Å². The van der Waals surface area contributed by atoms with Crippen LogP contribution < -0.4 is 14.2 Å². The van der Waals surface area contributed by atoms with Gasteiger partial charge in [0, 0.05) is 24.6 Å². The lowest BCUT2D eigenvalue weighted by molar-refractivity contribution is -0.143. The normalized spacial score (nSPS) is 14.2. The maximum Gasteiger partial charge on any atom is 0.416 e. The molecule has 0 heterocycles. The van der Waals surface area contributed by atoms with Gasteiger partial charge in [-0.1, -0.05) is 13.8 Å². The lowest BCUT2D eigenvalue weighted by Gasteiger charge is -2.26. The first-order chi connectivity index (χ1) is 17.0. The van der Waals surface area contributed by atoms with Crippen molar-refractivity contribution in [3.63, 3.8) is 0 Å². The molecule has 37 heavy (non-hydrogen) atoms. The summed E-state index contributed by atoms with van der Waals surface area (Å²) in [6, 6.07) is 4.75. The maximum absolute atomic E-state index is 14.1. The Bertz CT molecular complexity index is 1470. The van der Waals surface area contributed by atoms with Gasteiger partial charge in [0.2, 0.25) is 0 Å². The summed E-state index contributed by atoms with van der Waals surface area (Å²) >= 11 is 0. The zero-order valence-corrected chi connectivity index (χ0v) is 20.2. The molecule has 0 spiro atoms. The average Bonchev–Trinajstić information content (AvgIpc) is 2.97. The van der Waals surface area contributed by atoms with E-state index in [1.165, 1.54) is 39.2 Å². The first kappa shape index (κ1) is 26.3. The smallest absolute Gasteiger partial charge is 0.416 e. The van der Waals surface area contributed by atoms with E-state index in [1.54, 1.807) is 0 Å². The van der Waals surface area contributed by atoms with Crippen molar-refractivity contribution in [3.05, 3.63) is 52.6 Å². The van der Waals surface area contributed by atoms with Crippen LogP contribution in [0.15, 0.2) is 30.3 Å². The van der Waals surface area contributed by atoms with Crippen LogP contribution in [0.25, 0.3) is 21.9 Å². The third-order valence-corrected chi connectivity index (χ3v) is 6.23. The molecule has 0 saturated carbocycles. The molecule has 0 N–H and O–H groups in total. The van der Waals surface area contributed by atoms with E-state index in [-0.39, 0.29) is 56.3 Å². The van der Waals surface area contributed by atoms with E-state index in [2.05, 4.69) is 0 Å². The highest BCUT2D eigenvalue weighted by atomic mass is 19.4. The zero-order valence-electron chi connectivity index (χ0n) is 20.2. The highest BCUT2D eigenvalue weighted by Crippen LogP contribution is 2.58. The fourth-order valence-electron chi connectivity index (χ4n) is 4.85. The van der Waals surface area contributed by atoms with Gasteiger partial charge in [0.05, 0.1) is 18.2 Å². The Labute approximate surface area is 206 Å². The second kappa shape index (κ2) is 8.39. The standard InChI is InChI=1S/C26H20F6O5/c1-11(33)36-19-10-17-22(15-9-21(37-12(2)34)20(35-5)8-14(15)19)16-6-13(25(27,28)29)7-18(26(30,31)32)23(16)24(17,3)4/h6-10H,1-5H3. The number of halogens is 6. The largest absolute Gasteiger partial charge is 0.493 e. The lowest BCUT2D eigenvalue weighted by atomic mass is 9.79. The SMILES string of the molecule is COc1cc2c(OC(C)=O)cc3c(c2cc1OC(C)=O)-c1cc(C(F)(F)F)cc(C(F)(F)F)c1C3(C)C. The minimum Gasteiger partial charge on any atom is -0.493 e. The molecule has 0 saturated heterocycles. The number of fused-ring (bicyclic) bond motifs is 5. The number of ether oxygens (including phenoxy) is 3. The molecule has 0 bridgehead atoms. The Morgan fingerprint density at radius 1 is 0.757 bits per heavy atom. The summed E-state index contributed by atoms with van der Waals surface area (Å²) in [7, 11) is 1.27. The Morgan fingerprint density at radius 2 is 1.32 bits per heavy atom. The first-order valence-electron chi connectivity index (χ1n) is 10.9. The Balaban J connectivity index is 2.23. The van der Waals surface area contributed by atoms with Crippen LogP contribution in [-0.4, -0.2) is 19.0 Å². The molecule has 0 aliphatic heterocycles. The predicted octanol–water partition coefficient (Wildman–Crippen LogP) is 7.04. The number of alkyl halides is 6. The van der Waals surface area contributed by atoms with Crippen LogP contribution in [0, 0.1) is 0 Å². The molecule has 0 aromatic heterocycles. The Morgan fingerprint density at radius 3 is 1.84 bits per heavy atom. The quantitative estimate of drug-likeness (QED) is 0.208. The number of methoxy groups -OCH3 is 1. The van der Waals surface area contributed by atoms with E-state index in [9.17, 15) is 35.9 Å². The summed E-state index contributed by atoms with van der Waals surface area (Å²) in [6.45, 7) is 5.13. The van der Waals surface area contributed by atoms with Gasteiger partial charge in [0.25, 0.3) is 0 Å². The third kappa shape index (κ3) is 4.36. The number of esters is 2. The number of carbonyl (C=O) groups is 2. The number of rotatable bonds is 3. The van der Waals surface area contributed by atoms with Crippen LogP contribution in [-0.2, 0) is 27.4 Å². The minimum atomic E-state index is -5.09. The van der Waals surface area contributed by atoms with Crippen molar-refractivity contribution < 1.29 is 50.1 Å². The van der Waals surface area contributed by atoms with E-state index in [0.717, 1.165) is 13.8 Å². The Kier molecular flexibility index (Phi) is 5.97. The van der Waals surface area contributed by atoms with Gasteiger partial charge in [-0.2, -0.15) is 26.3 Å². The minimum absolute atomic E-state index is 0.0357. The maximum atomic E-state index is 14.1. The second-order valence-corrected chi connectivity index (χ2v) is 9.10. The molecule has 1 aliphatic rings. The van der Waals surface area contributed by atoms with E-state index >= 15 is 0 Å². The van der Waals surface area contributed by atoms with Crippen LogP contribution in [0.4, 0.5) is 26.3 Å². The van der Waals surface area contributed by atoms with Crippen molar-refractivity contribution in [1.29, 1.82) is 0 Å². The Hall–Kier alpha value is -3.76. The van der Waals surface area contributed by atoms with Crippen molar-refractivity contribution >= 4 is 22.7 Å². The van der Waals surface area contributed by atoms with Gasteiger partial charge in [0.1, 0.15) is 5.75 Å². The summed E-state index contributed by atoms with van der Waals surface area (Å²) in [5.41, 5.74) is -4.68. The molecule has 0 fully saturated rings. The van der Waals surface area contributed by atoms with Gasteiger partial charge < -0.3 is 14.2 Å². The summed E-state index contributed by atoms with van der Waals surface area (Å²) in [5.74, 6) is -1.58. The van der Waals surface area contributed by atoms with Crippen LogP contribution in [0.3, 0.4) is 0 Å². The zero-order chi connectivity index (χ0) is 27.7. The van der Waals surface area contributed by atoms with Crippen molar-refractivity contribution in [2.45, 2.75) is 45.5 Å². The third-order valence-electron chi connectivity index (χ3n) is 6.23. The van der Waals surface area contributed by atoms with Crippen LogP contribution in [0.1, 0.15) is 49.9 Å². The molecular weight excluding hydrogens is 506 g/mol. The molecule has 0 unspecified atom stereocenters. The molecule has 196 valence electrons. The van der Waals surface area contributed by atoms with Gasteiger partial charge in [0.15, 0.2) is 11.5 Å². The lowest BCUT2D eigenvalue weighted by Crippen LogP contribution is -2.22. The summed E-state index contributed by atoms with van der Waals surface area (Å²) < 4.78 is 99.4. The van der Waals surface area contributed by atoms with E-state index in [4.69, 9.17) is 14.2 Å². The highest BCUT2D eigenvalue weighted by Gasteiger charge is 2.48. The van der Waals surface area contributed by atoms with Crippen molar-refractivity contribution in [2.75, 3.05) is 7.11 Å². The monoisotopic (exact) mass is 526 g/mol. The van der Waals surface area contributed by atoms with Crippen LogP contribution in [0.2, 0.25) is 0 Å². The molecule has 0 amide bonds. The molecule has 0 atom stereocenters. The van der Waals surface area contributed by atoms with Gasteiger partial charge in [-0.3, -0.25) is 9.59 Å². The summed E-state index contributed by atoms with van der Waals surface area (Å²) in [5, 5.41) is 0.279.